The number of nitrogens with one attached hydrogen (secondary N) is 1. The topological polar surface area (TPSA) is 104 Å². The molecule has 7 nitrogen and oxygen atoms in total. The van der Waals surface area contributed by atoms with Crippen LogP contribution in [0.25, 0.3) is 27.7 Å². The van der Waals surface area contributed by atoms with Gasteiger partial charge in [-0.1, -0.05) is 18.2 Å². The van der Waals surface area contributed by atoms with E-state index in [0.29, 0.717) is 28.2 Å². The predicted molar refractivity (Wildman–Crippen MR) is 132 cm³/mol. The van der Waals surface area contributed by atoms with Gasteiger partial charge in [-0.15, -0.1) is 0 Å². The maximum atomic E-state index is 12.7. The van der Waals surface area contributed by atoms with Crippen LogP contribution in [0.1, 0.15) is 22.8 Å². The average molecular weight is 456 g/mol. The summed E-state index contributed by atoms with van der Waals surface area (Å²) in [6, 6.07) is 17.9. The fraction of sp³-hybridized carbons (Fsp3) is 0.111. The number of carbonyl (C=O) groups is 2. The first kappa shape index (κ1) is 22.7. The van der Waals surface area contributed by atoms with Crippen LogP contribution < -0.4 is 20.5 Å². The first-order valence-electron chi connectivity index (χ1n) is 10.5. The van der Waals surface area contributed by atoms with Crippen molar-refractivity contribution in [3.8, 4) is 22.6 Å². The van der Waals surface area contributed by atoms with Crippen molar-refractivity contribution in [1.29, 1.82) is 0 Å². The summed E-state index contributed by atoms with van der Waals surface area (Å²) in [6.45, 7) is 1.83. The molecule has 172 valence electrons. The van der Waals surface area contributed by atoms with E-state index in [-0.39, 0.29) is 5.91 Å². The summed E-state index contributed by atoms with van der Waals surface area (Å²) in [5.41, 5.74) is 10.1. The van der Waals surface area contributed by atoms with Gasteiger partial charge in [0.25, 0.3) is 0 Å². The van der Waals surface area contributed by atoms with E-state index in [9.17, 15) is 9.59 Å². The molecule has 4 aromatic rings. The molecule has 0 spiro atoms. The lowest BCUT2D eigenvalue weighted by Crippen LogP contribution is -2.13. The van der Waals surface area contributed by atoms with Crippen LogP contribution in [0.4, 0.5) is 5.69 Å². The van der Waals surface area contributed by atoms with Gasteiger partial charge in [0.15, 0.2) is 0 Å². The van der Waals surface area contributed by atoms with Crippen LogP contribution in [0.5, 0.6) is 11.5 Å². The number of benzene rings is 3. The van der Waals surface area contributed by atoms with Crippen molar-refractivity contribution in [2.24, 2.45) is 5.73 Å². The highest BCUT2D eigenvalue weighted by atomic mass is 16.5. The lowest BCUT2D eigenvalue weighted by atomic mass is 9.99. The van der Waals surface area contributed by atoms with Crippen molar-refractivity contribution < 1.29 is 23.5 Å². The number of allylic oxidation sites excluding steroid dienone is 1. The first-order chi connectivity index (χ1) is 16.4. The number of fused-ring (bicyclic) bond motifs is 1. The molecule has 0 unspecified atom stereocenters. The molecule has 0 saturated heterocycles. The number of nitrogens with two attached hydrogens (primary N) is 1. The van der Waals surface area contributed by atoms with Gasteiger partial charge in [0.1, 0.15) is 17.1 Å². The molecular weight excluding hydrogens is 432 g/mol. The van der Waals surface area contributed by atoms with Crippen molar-refractivity contribution >= 4 is 34.0 Å². The van der Waals surface area contributed by atoms with E-state index in [1.807, 2.05) is 43.3 Å². The maximum Gasteiger partial charge on any atom is 0.248 e. The van der Waals surface area contributed by atoms with Crippen molar-refractivity contribution in [3.63, 3.8) is 0 Å². The second kappa shape index (κ2) is 9.54. The molecule has 0 aliphatic carbocycles. The van der Waals surface area contributed by atoms with E-state index in [4.69, 9.17) is 19.6 Å². The van der Waals surface area contributed by atoms with Gasteiger partial charge in [0.2, 0.25) is 11.8 Å². The van der Waals surface area contributed by atoms with Gasteiger partial charge in [0, 0.05) is 39.9 Å². The third-order valence-corrected chi connectivity index (χ3v) is 5.48. The largest absolute Gasteiger partial charge is 0.497 e. The maximum absolute atomic E-state index is 12.7. The van der Waals surface area contributed by atoms with E-state index < -0.39 is 5.91 Å². The van der Waals surface area contributed by atoms with Crippen LogP contribution >= 0.6 is 0 Å². The van der Waals surface area contributed by atoms with Crippen molar-refractivity contribution in [3.05, 3.63) is 84.1 Å². The average Bonchev–Trinajstić information content (AvgIpc) is 3.26. The Morgan fingerprint density at radius 3 is 2.44 bits per heavy atom. The number of methoxy groups -OCH3 is 2. The number of primary amides is 1. The molecule has 0 aliphatic rings. The second-order valence-corrected chi connectivity index (χ2v) is 7.69. The molecule has 1 heterocycles. The van der Waals surface area contributed by atoms with Gasteiger partial charge in [-0.05, 0) is 54.5 Å². The number of hydrogen-bond acceptors (Lipinski definition) is 5. The highest BCUT2D eigenvalue weighted by Gasteiger charge is 2.15. The number of rotatable bonds is 7. The molecule has 0 atom stereocenters. The lowest BCUT2D eigenvalue weighted by molar-refractivity contribution is -0.111. The number of furan rings is 1. The normalized spacial score (nSPS) is 11.3. The van der Waals surface area contributed by atoms with Gasteiger partial charge in [-0.3, -0.25) is 9.59 Å². The van der Waals surface area contributed by atoms with Gasteiger partial charge in [-0.25, -0.2) is 0 Å². The third kappa shape index (κ3) is 4.63. The van der Waals surface area contributed by atoms with Crippen molar-refractivity contribution in [2.45, 2.75) is 6.92 Å². The third-order valence-electron chi connectivity index (χ3n) is 5.48. The van der Waals surface area contributed by atoms with Crippen molar-refractivity contribution in [1.82, 2.24) is 0 Å². The van der Waals surface area contributed by atoms with Crippen molar-refractivity contribution in [2.75, 3.05) is 19.5 Å². The van der Waals surface area contributed by atoms with E-state index in [1.165, 1.54) is 12.1 Å². The molecule has 0 saturated carbocycles. The molecular formula is C27H24N2O5. The highest BCUT2D eigenvalue weighted by Crippen LogP contribution is 2.37. The summed E-state index contributed by atoms with van der Waals surface area (Å²) < 4.78 is 16.6. The Labute approximate surface area is 196 Å². The molecule has 3 aromatic carbocycles. The Kier molecular flexibility index (Phi) is 6.36. The molecule has 7 heteroatoms. The Morgan fingerprint density at radius 1 is 1.00 bits per heavy atom. The zero-order valence-corrected chi connectivity index (χ0v) is 19.0. The second-order valence-electron chi connectivity index (χ2n) is 7.69. The Bertz CT molecular complexity index is 1400. The van der Waals surface area contributed by atoms with Gasteiger partial charge < -0.3 is 24.9 Å². The Hall–Kier alpha value is -4.52. The number of carbonyl (C=O) groups excluding carboxylic acids is 2. The van der Waals surface area contributed by atoms with Crippen LogP contribution in [-0.4, -0.2) is 26.0 Å². The standard InChI is InChI=1S/C27H24N2O5/c1-16(11-26(30)29-19-6-4-5-18(12-19)27(28)31)21-13-22-23(15-34-25(22)14-24(21)33-3)17-7-9-20(32-2)10-8-17/h4-15H,1-3H3,(H2,28,31)(H,29,30)/b16-11+. The smallest absolute Gasteiger partial charge is 0.248 e. The molecule has 0 fully saturated rings. The summed E-state index contributed by atoms with van der Waals surface area (Å²) in [4.78, 5) is 24.1. The minimum Gasteiger partial charge on any atom is -0.497 e. The number of ether oxygens (including phenoxy) is 2. The lowest BCUT2D eigenvalue weighted by Gasteiger charge is -2.10. The summed E-state index contributed by atoms with van der Waals surface area (Å²) in [6.07, 6.45) is 3.18. The molecule has 4 rings (SSSR count). The number of amides is 2. The SMILES string of the molecule is COc1ccc(-c2coc3cc(OC)c(/C(C)=C/C(=O)Nc4cccc(C(N)=O)c4)cc23)cc1. The molecule has 2 amide bonds. The molecule has 0 bridgehead atoms. The van der Waals surface area contributed by atoms with Gasteiger partial charge in [-0.2, -0.15) is 0 Å². The van der Waals surface area contributed by atoms with Crippen LogP contribution in [0.2, 0.25) is 0 Å². The quantitative estimate of drug-likeness (QED) is 0.369. The van der Waals surface area contributed by atoms with E-state index >= 15 is 0 Å². The first-order valence-corrected chi connectivity index (χ1v) is 10.5. The van der Waals surface area contributed by atoms with Crippen LogP contribution in [0.15, 0.2) is 77.4 Å². The minimum atomic E-state index is -0.561. The molecule has 0 aliphatic heterocycles. The summed E-state index contributed by atoms with van der Waals surface area (Å²) in [5, 5.41) is 3.65. The predicted octanol–water partition coefficient (Wildman–Crippen LogP) is 5.26. The Morgan fingerprint density at radius 2 is 1.76 bits per heavy atom. The van der Waals surface area contributed by atoms with E-state index in [1.54, 1.807) is 38.7 Å². The Balaban J connectivity index is 1.67. The molecule has 0 radical (unpaired) electrons. The number of anilines is 1. The van der Waals surface area contributed by atoms with E-state index in [2.05, 4.69) is 5.32 Å². The molecule has 1 aromatic heterocycles. The fourth-order valence-electron chi connectivity index (χ4n) is 3.73. The fourth-order valence-corrected chi connectivity index (χ4v) is 3.73. The van der Waals surface area contributed by atoms with Crippen LogP contribution in [0, 0.1) is 0 Å². The zero-order valence-electron chi connectivity index (χ0n) is 19.0. The zero-order chi connectivity index (χ0) is 24.2. The monoisotopic (exact) mass is 456 g/mol. The molecule has 34 heavy (non-hydrogen) atoms. The van der Waals surface area contributed by atoms with Crippen LogP contribution in [0.3, 0.4) is 0 Å². The summed E-state index contributed by atoms with van der Waals surface area (Å²) in [7, 11) is 3.20. The minimum absolute atomic E-state index is 0.316. The van der Waals surface area contributed by atoms with Gasteiger partial charge in [0.05, 0.1) is 20.5 Å². The number of hydrogen-bond donors (Lipinski definition) is 2. The highest BCUT2D eigenvalue weighted by molar-refractivity contribution is 6.06. The van der Waals surface area contributed by atoms with Gasteiger partial charge >= 0.3 is 0 Å². The molecule has 3 N–H and O–H groups in total. The summed E-state index contributed by atoms with van der Waals surface area (Å²) in [5.74, 6) is 0.447. The summed E-state index contributed by atoms with van der Waals surface area (Å²) >= 11 is 0. The van der Waals surface area contributed by atoms with Crippen LogP contribution in [-0.2, 0) is 4.79 Å². The van der Waals surface area contributed by atoms with E-state index in [0.717, 1.165) is 27.8 Å².